The van der Waals surface area contributed by atoms with Crippen molar-refractivity contribution in [3.63, 3.8) is 0 Å². The van der Waals surface area contributed by atoms with Gasteiger partial charge in [-0.15, -0.1) is 0 Å². The fraction of sp³-hybridized carbons (Fsp3) is 0.154. The van der Waals surface area contributed by atoms with Crippen LogP contribution in [0.4, 0.5) is 0 Å². The van der Waals surface area contributed by atoms with Crippen LogP contribution in [0.15, 0.2) is 36.5 Å². The first-order chi connectivity index (χ1) is 9.24. The predicted molar refractivity (Wildman–Crippen MR) is 70.3 cm³/mol. The lowest BCUT2D eigenvalue weighted by atomic mass is 10.2. The van der Waals surface area contributed by atoms with Gasteiger partial charge in [0, 0.05) is 11.8 Å². The highest BCUT2D eigenvalue weighted by atomic mass is 16.5. The Bertz CT molecular complexity index is 569. The molecule has 0 saturated heterocycles. The molecular formula is C13H14N4O2. The van der Waals surface area contributed by atoms with E-state index in [0.29, 0.717) is 12.4 Å². The minimum atomic E-state index is -0.449. The average molecular weight is 258 g/mol. The molecule has 1 amide bonds. The Morgan fingerprint density at radius 1 is 1.32 bits per heavy atom. The second-order valence-electron chi connectivity index (χ2n) is 3.70. The maximum atomic E-state index is 11.4. The Morgan fingerprint density at radius 2 is 2.05 bits per heavy atom. The SMILES string of the molecule is CCOc1ccc(-c2nccc(C(=O)NN)n2)cc1. The summed E-state index contributed by atoms with van der Waals surface area (Å²) < 4.78 is 5.35. The predicted octanol–water partition coefficient (Wildman–Crippen LogP) is 1.15. The number of hydrogen-bond acceptors (Lipinski definition) is 5. The molecule has 0 saturated carbocycles. The van der Waals surface area contributed by atoms with Crippen LogP contribution < -0.4 is 16.0 Å². The number of carbonyl (C=O) groups excluding carboxylic acids is 1. The molecule has 0 bridgehead atoms. The van der Waals surface area contributed by atoms with E-state index in [1.54, 1.807) is 0 Å². The lowest BCUT2D eigenvalue weighted by Gasteiger charge is -2.05. The number of hydrazine groups is 1. The van der Waals surface area contributed by atoms with E-state index in [0.717, 1.165) is 11.3 Å². The molecule has 2 aromatic rings. The quantitative estimate of drug-likeness (QED) is 0.487. The lowest BCUT2D eigenvalue weighted by molar-refractivity contribution is 0.0948. The van der Waals surface area contributed by atoms with Crippen molar-refractivity contribution in [2.24, 2.45) is 5.84 Å². The first-order valence-electron chi connectivity index (χ1n) is 5.82. The topological polar surface area (TPSA) is 90.1 Å². The molecule has 3 N–H and O–H groups in total. The molecule has 0 aliphatic carbocycles. The maximum Gasteiger partial charge on any atom is 0.283 e. The van der Waals surface area contributed by atoms with E-state index < -0.39 is 5.91 Å². The van der Waals surface area contributed by atoms with Crippen molar-refractivity contribution in [3.05, 3.63) is 42.2 Å². The summed E-state index contributed by atoms with van der Waals surface area (Å²) in [5, 5.41) is 0. The van der Waals surface area contributed by atoms with Gasteiger partial charge in [-0.1, -0.05) is 0 Å². The van der Waals surface area contributed by atoms with Gasteiger partial charge in [-0.25, -0.2) is 15.8 Å². The molecule has 1 heterocycles. The van der Waals surface area contributed by atoms with Gasteiger partial charge in [-0.3, -0.25) is 10.2 Å². The van der Waals surface area contributed by atoms with Gasteiger partial charge in [0.25, 0.3) is 5.91 Å². The van der Waals surface area contributed by atoms with Crippen molar-refractivity contribution < 1.29 is 9.53 Å². The highest BCUT2D eigenvalue weighted by Crippen LogP contribution is 2.19. The second kappa shape index (κ2) is 5.92. The zero-order valence-corrected chi connectivity index (χ0v) is 10.5. The van der Waals surface area contributed by atoms with Crippen molar-refractivity contribution in [1.82, 2.24) is 15.4 Å². The van der Waals surface area contributed by atoms with Gasteiger partial charge >= 0.3 is 0 Å². The summed E-state index contributed by atoms with van der Waals surface area (Å²) in [6.45, 7) is 2.54. The van der Waals surface area contributed by atoms with Crippen molar-refractivity contribution in [2.75, 3.05) is 6.61 Å². The number of amides is 1. The first-order valence-corrected chi connectivity index (χ1v) is 5.82. The number of nitrogen functional groups attached to an aromatic ring is 1. The van der Waals surface area contributed by atoms with Gasteiger partial charge in [-0.05, 0) is 37.3 Å². The molecule has 6 heteroatoms. The van der Waals surface area contributed by atoms with Crippen molar-refractivity contribution >= 4 is 5.91 Å². The number of benzene rings is 1. The van der Waals surface area contributed by atoms with Gasteiger partial charge < -0.3 is 4.74 Å². The van der Waals surface area contributed by atoms with Crippen LogP contribution in [0, 0.1) is 0 Å². The molecule has 1 aromatic heterocycles. The molecule has 1 aromatic carbocycles. The second-order valence-corrected chi connectivity index (χ2v) is 3.70. The third-order valence-corrected chi connectivity index (χ3v) is 2.44. The standard InChI is InChI=1S/C13H14N4O2/c1-2-19-10-5-3-9(4-6-10)12-15-8-7-11(16-12)13(18)17-14/h3-8H,2,14H2,1H3,(H,17,18). The van der Waals surface area contributed by atoms with Crippen LogP contribution in [0.1, 0.15) is 17.4 Å². The molecule has 0 aliphatic rings. The van der Waals surface area contributed by atoms with Crippen LogP contribution in [0.5, 0.6) is 5.75 Å². The molecular weight excluding hydrogens is 244 g/mol. The van der Waals surface area contributed by atoms with Crippen LogP contribution >= 0.6 is 0 Å². The molecule has 0 atom stereocenters. The monoisotopic (exact) mass is 258 g/mol. The molecule has 0 spiro atoms. The molecule has 98 valence electrons. The molecule has 2 rings (SSSR count). The molecule has 19 heavy (non-hydrogen) atoms. The largest absolute Gasteiger partial charge is 0.494 e. The van der Waals surface area contributed by atoms with E-state index in [-0.39, 0.29) is 5.69 Å². The van der Waals surface area contributed by atoms with E-state index in [1.807, 2.05) is 36.6 Å². The third kappa shape index (κ3) is 3.05. The van der Waals surface area contributed by atoms with E-state index in [1.165, 1.54) is 12.3 Å². The minimum absolute atomic E-state index is 0.224. The number of rotatable bonds is 4. The van der Waals surface area contributed by atoms with Crippen LogP contribution in [0.25, 0.3) is 11.4 Å². The van der Waals surface area contributed by atoms with Crippen LogP contribution in [0.2, 0.25) is 0 Å². The van der Waals surface area contributed by atoms with Crippen molar-refractivity contribution in [1.29, 1.82) is 0 Å². The number of ether oxygens (including phenoxy) is 1. The number of hydrogen-bond donors (Lipinski definition) is 2. The minimum Gasteiger partial charge on any atom is -0.494 e. The summed E-state index contributed by atoms with van der Waals surface area (Å²) in [4.78, 5) is 19.7. The zero-order valence-electron chi connectivity index (χ0n) is 10.5. The van der Waals surface area contributed by atoms with Crippen molar-refractivity contribution in [3.8, 4) is 17.1 Å². The third-order valence-electron chi connectivity index (χ3n) is 2.44. The maximum absolute atomic E-state index is 11.4. The Morgan fingerprint density at radius 3 is 2.68 bits per heavy atom. The van der Waals surface area contributed by atoms with E-state index in [9.17, 15) is 4.79 Å². The zero-order chi connectivity index (χ0) is 13.7. The Kier molecular flexibility index (Phi) is 4.04. The number of nitrogens with one attached hydrogen (secondary N) is 1. The molecule has 0 aliphatic heterocycles. The summed E-state index contributed by atoms with van der Waals surface area (Å²) in [6.07, 6.45) is 1.52. The Hall–Kier alpha value is -2.47. The number of nitrogens with zero attached hydrogens (tertiary/aromatic N) is 2. The van der Waals surface area contributed by atoms with E-state index in [2.05, 4.69) is 9.97 Å². The van der Waals surface area contributed by atoms with Gasteiger partial charge in [0.15, 0.2) is 5.82 Å². The van der Waals surface area contributed by atoms with Gasteiger partial charge in [0.05, 0.1) is 6.61 Å². The summed E-state index contributed by atoms with van der Waals surface area (Å²) in [5.41, 5.74) is 3.06. The van der Waals surface area contributed by atoms with E-state index in [4.69, 9.17) is 10.6 Å². The Balaban J connectivity index is 2.28. The number of carbonyl (C=O) groups is 1. The number of nitrogens with two attached hydrogens (primary N) is 1. The summed E-state index contributed by atoms with van der Waals surface area (Å²) in [7, 11) is 0. The molecule has 6 nitrogen and oxygen atoms in total. The van der Waals surface area contributed by atoms with Crippen molar-refractivity contribution in [2.45, 2.75) is 6.92 Å². The van der Waals surface area contributed by atoms with Crippen LogP contribution in [-0.4, -0.2) is 22.5 Å². The summed E-state index contributed by atoms with van der Waals surface area (Å²) >= 11 is 0. The fourth-order valence-corrected chi connectivity index (χ4v) is 1.57. The highest BCUT2D eigenvalue weighted by molar-refractivity contribution is 5.92. The highest BCUT2D eigenvalue weighted by Gasteiger charge is 2.08. The van der Waals surface area contributed by atoms with E-state index >= 15 is 0 Å². The molecule has 0 radical (unpaired) electrons. The summed E-state index contributed by atoms with van der Waals surface area (Å²) in [5.74, 6) is 5.86. The Labute approximate surface area is 110 Å². The number of aromatic nitrogens is 2. The van der Waals surface area contributed by atoms with Crippen LogP contribution in [0.3, 0.4) is 0 Å². The summed E-state index contributed by atoms with van der Waals surface area (Å²) in [6, 6.07) is 8.84. The fourth-order valence-electron chi connectivity index (χ4n) is 1.57. The van der Waals surface area contributed by atoms with Gasteiger partial charge in [0.2, 0.25) is 0 Å². The molecule has 0 fully saturated rings. The van der Waals surface area contributed by atoms with Gasteiger partial charge in [0.1, 0.15) is 11.4 Å². The normalized spacial score (nSPS) is 10.0. The average Bonchev–Trinajstić information content (AvgIpc) is 2.48. The molecule has 0 unspecified atom stereocenters. The van der Waals surface area contributed by atoms with Crippen LogP contribution in [-0.2, 0) is 0 Å². The lowest BCUT2D eigenvalue weighted by Crippen LogP contribution is -2.30. The smallest absolute Gasteiger partial charge is 0.283 e. The van der Waals surface area contributed by atoms with Gasteiger partial charge in [-0.2, -0.15) is 0 Å². The first kappa shape index (κ1) is 13.0.